The summed E-state index contributed by atoms with van der Waals surface area (Å²) in [5, 5.41) is 1.84. The third-order valence-corrected chi connectivity index (χ3v) is 6.80. The predicted octanol–water partition coefficient (Wildman–Crippen LogP) is 7.40. The third kappa shape index (κ3) is 6.22. The molecule has 5 nitrogen and oxygen atoms in total. The fourth-order valence-corrected chi connectivity index (χ4v) is 4.56. The van der Waals surface area contributed by atoms with Crippen LogP contribution in [0.25, 0.3) is 10.8 Å². The number of fused-ring (bicyclic) bond motifs is 1. The van der Waals surface area contributed by atoms with Crippen molar-refractivity contribution in [3.05, 3.63) is 94.0 Å². The maximum Gasteiger partial charge on any atom is 0.315 e. The molecule has 0 N–H and O–H groups in total. The smallest absolute Gasteiger partial charge is 0.315 e. The number of hydrogen-bond acceptors (Lipinski definition) is 5. The Morgan fingerprint density at radius 1 is 0.684 bits per heavy atom. The summed E-state index contributed by atoms with van der Waals surface area (Å²) in [6.07, 6.45) is 2.78. The summed E-state index contributed by atoms with van der Waals surface area (Å²) in [7, 11) is 3.05. The van der Waals surface area contributed by atoms with E-state index in [9.17, 15) is 4.79 Å². The molecule has 0 saturated heterocycles. The van der Waals surface area contributed by atoms with E-state index in [4.69, 9.17) is 30.5 Å². The summed E-state index contributed by atoms with van der Waals surface area (Å²) in [6, 6.07) is 21.8. The van der Waals surface area contributed by atoms with E-state index in [0.29, 0.717) is 46.1 Å². The average Bonchev–Trinajstić information content (AvgIpc) is 2.94. The van der Waals surface area contributed by atoms with Gasteiger partial charge in [0.05, 0.1) is 27.2 Å². The minimum Gasteiger partial charge on any atom is -0.490 e. The van der Waals surface area contributed by atoms with Crippen molar-refractivity contribution in [1.82, 2.24) is 0 Å². The van der Waals surface area contributed by atoms with Gasteiger partial charge in [0.25, 0.3) is 0 Å². The van der Waals surface area contributed by atoms with Crippen molar-refractivity contribution in [3.63, 3.8) is 0 Å². The lowest BCUT2D eigenvalue weighted by molar-refractivity contribution is -0.133. The van der Waals surface area contributed by atoms with E-state index in [-0.39, 0.29) is 12.2 Å². The molecule has 0 heterocycles. The van der Waals surface area contributed by atoms with Gasteiger partial charge in [0.15, 0.2) is 11.5 Å². The van der Waals surface area contributed by atoms with Gasteiger partial charge >= 0.3 is 5.97 Å². The normalized spacial score (nSPS) is 10.9. The van der Waals surface area contributed by atoms with Crippen molar-refractivity contribution in [2.45, 2.75) is 39.5 Å². The molecule has 0 aliphatic carbocycles. The summed E-state index contributed by atoms with van der Waals surface area (Å²) in [6.45, 7) is 4.65. The standard InChI is InChI=1S/C32H33ClO5/c1-5-21-7-11-23(12-8-21)17-18-37-29-27-20-25(33)15-16-26(27)30(32(36-4)31(29)35-3)38-28(34)19-24-13-9-22(6-2)10-14-24/h7-16,20H,5-6,17-19H2,1-4H3. The van der Waals surface area contributed by atoms with E-state index in [1.165, 1.54) is 30.9 Å². The Kier molecular flexibility index (Phi) is 9.14. The minimum atomic E-state index is -0.407. The van der Waals surface area contributed by atoms with Gasteiger partial charge in [0.1, 0.15) is 0 Å². The van der Waals surface area contributed by atoms with Crippen molar-refractivity contribution in [3.8, 4) is 23.0 Å². The number of hydrogen-bond donors (Lipinski definition) is 0. The van der Waals surface area contributed by atoms with Gasteiger partial charge in [-0.1, -0.05) is 74.0 Å². The zero-order valence-corrected chi connectivity index (χ0v) is 23.1. The van der Waals surface area contributed by atoms with E-state index in [1.807, 2.05) is 24.3 Å². The molecule has 0 aromatic heterocycles. The number of halogens is 1. The molecule has 198 valence electrons. The van der Waals surface area contributed by atoms with Crippen LogP contribution in [0.1, 0.15) is 36.1 Å². The van der Waals surface area contributed by atoms with Crippen molar-refractivity contribution in [1.29, 1.82) is 0 Å². The van der Waals surface area contributed by atoms with Gasteiger partial charge in [-0.3, -0.25) is 4.79 Å². The maximum absolute atomic E-state index is 13.0. The highest BCUT2D eigenvalue weighted by molar-refractivity contribution is 6.31. The lowest BCUT2D eigenvalue weighted by Gasteiger charge is -2.20. The Morgan fingerprint density at radius 3 is 1.82 bits per heavy atom. The second-order valence-corrected chi connectivity index (χ2v) is 9.44. The highest BCUT2D eigenvalue weighted by Crippen LogP contribution is 2.51. The van der Waals surface area contributed by atoms with E-state index in [0.717, 1.165) is 18.4 Å². The van der Waals surface area contributed by atoms with Crippen molar-refractivity contribution >= 4 is 28.3 Å². The van der Waals surface area contributed by atoms with Crippen LogP contribution in [0, 0.1) is 0 Å². The predicted molar refractivity (Wildman–Crippen MR) is 152 cm³/mol. The molecule has 0 radical (unpaired) electrons. The topological polar surface area (TPSA) is 54.0 Å². The summed E-state index contributed by atoms with van der Waals surface area (Å²) in [4.78, 5) is 13.0. The van der Waals surface area contributed by atoms with Gasteiger partial charge in [0.2, 0.25) is 11.5 Å². The van der Waals surface area contributed by atoms with Crippen molar-refractivity contribution in [2.24, 2.45) is 0 Å². The number of ether oxygens (including phenoxy) is 4. The second kappa shape index (κ2) is 12.7. The largest absolute Gasteiger partial charge is 0.490 e. The van der Waals surface area contributed by atoms with E-state index >= 15 is 0 Å². The highest BCUT2D eigenvalue weighted by atomic mass is 35.5. The van der Waals surface area contributed by atoms with Gasteiger partial charge in [0, 0.05) is 22.2 Å². The van der Waals surface area contributed by atoms with Gasteiger partial charge in [-0.2, -0.15) is 0 Å². The van der Waals surface area contributed by atoms with Crippen molar-refractivity contribution < 1.29 is 23.7 Å². The molecule has 0 atom stereocenters. The number of carbonyl (C=O) groups is 1. The highest BCUT2D eigenvalue weighted by Gasteiger charge is 2.26. The van der Waals surface area contributed by atoms with E-state index in [1.54, 1.807) is 18.2 Å². The lowest BCUT2D eigenvalue weighted by atomic mass is 10.1. The quantitative estimate of drug-likeness (QED) is 0.149. The molecule has 4 rings (SSSR count). The Hall–Kier alpha value is -3.70. The zero-order valence-electron chi connectivity index (χ0n) is 22.3. The van der Waals surface area contributed by atoms with Crippen molar-refractivity contribution in [2.75, 3.05) is 20.8 Å². The number of methoxy groups -OCH3 is 2. The van der Waals surface area contributed by atoms with Crippen LogP contribution in [-0.4, -0.2) is 26.8 Å². The van der Waals surface area contributed by atoms with Gasteiger partial charge in [-0.15, -0.1) is 0 Å². The number of aryl methyl sites for hydroxylation is 2. The molecule has 38 heavy (non-hydrogen) atoms. The molecule has 0 unspecified atom stereocenters. The fraction of sp³-hybridized carbons (Fsp3) is 0.281. The van der Waals surface area contributed by atoms with E-state index in [2.05, 4.69) is 38.1 Å². The Labute approximate surface area is 229 Å². The molecular weight excluding hydrogens is 500 g/mol. The van der Waals surface area contributed by atoms with Crippen LogP contribution in [0.5, 0.6) is 23.0 Å². The van der Waals surface area contributed by atoms with Gasteiger partial charge < -0.3 is 18.9 Å². The SMILES string of the molecule is CCc1ccc(CCOc2c(OC)c(OC)c(OC(=O)Cc3ccc(CC)cc3)c3ccc(Cl)cc23)cc1. The molecule has 0 spiro atoms. The molecule has 6 heteroatoms. The molecule has 0 saturated carbocycles. The van der Waals surface area contributed by atoms with Crippen LogP contribution in [0.3, 0.4) is 0 Å². The summed E-state index contributed by atoms with van der Waals surface area (Å²) in [5.74, 6) is 0.990. The monoisotopic (exact) mass is 532 g/mol. The summed E-state index contributed by atoms with van der Waals surface area (Å²) < 4.78 is 23.6. The van der Waals surface area contributed by atoms with Crippen LogP contribution in [0.2, 0.25) is 5.02 Å². The minimum absolute atomic E-state index is 0.125. The first kappa shape index (κ1) is 27.3. The third-order valence-electron chi connectivity index (χ3n) is 6.56. The molecular formula is C32H33ClO5. The number of carbonyl (C=O) groups excluding carboxylic acids is 1. The second-order valence-electron chi connectivity index (χ2n) is 9.00. The van der Waals surface area contributed by atoms with Gasteiger partial charge in [-0.05, 0) is 53.3 Å². The Bertz CT molecular complexity index is 1390. The molecule has 0 fully saturated rings. The van der Waals surface area contributed by atoms with Crippen LogP contribution >= 0.6 is 11.6 Å². The number of benzene rings is 4. The zero-order chi connectivity index (χ0) is 27.1. The van der Waals surface area contributed by atoms with Crippen LogP contribution < -0.4 is 18.9 Å². The van der Waals surface area contributed by atoms with E-state index < -0.39 is 5.97 Å². The molecule has 0 aliphatic heterocycles. The maximum atomic E-state index is 13.0. The molecule has 0 aliphatic rings. The molecule has 0 bridgehead atoms. The summed E-state index contributed by atoms with van der Waals surface area (Å²) >= 11 is 6.37. The Balaban J connectivity index is 1.65. The van der Waals surface area contributed by atoms with Crippen LogP contribution in [-0.2, 0) is 30.5 Å². The molecule has 4 aromatic rings. The average molecular weight is 533 g/mol. The lowest BCUT2D eigenvalue weighted by Crippen LogP contribution is -2.13. The molecule has 4 aromatic carbocycles. The first-order valence-electron chi connectivity index (χ1n) is 12.8. The van der Waals surface area contributed by atoms with Crippen LogP contribution in [0.4, 0.5) is 0 Å². The fourth-order valence-electron chi connectivity index (χ4n) is 4.39. The summed E-state index contributed by atoms with van der Waals surface area (Å²) in [5.41, 5.74) is 4.56. The van der Waals surface area contributed by atoms with Crippen LogP contribution in [0.15, 0.2) is 66.7 Å². The number of rotatable bonds is 11. The van der Waals surface area contributed by atoms with Gasteiger partial charge in [-0.25, -0.2) is 0 Å². The Morgan fingerprint density at radius 2 is 1.24 bits per heavy atom. The first-order chi connectivity index (χ1) is 18.5. The first-order valence-corrected chi connectivity index (χ1v) is 13.2. The number of esters is 1. The molecule has 0 amide bonds.